The van der Waals surface area contributed by atoms with Crippen molar-refractivity contribution in [3.63, 3.8) is 0 Å². The number of hydrogen-bond acceptors (Lipinski definition) is 2. The molecule has 0 aromatic heterocycles. The third-order valence-electron chi connectivity index (χ3n) is 2.37. The molecular weight excluding hydrogens is 164 g/mol. The molecule has 0 saturated heterocycles. The van der Waals surface area contributed by atoms with Crippen molar-refractivity contribution in [3.05, 3.63) is 0 Å². The van der Waals surface area contributed by atoms with Gasteiger partial charge in [0.2, 0.25) is 0 Å². The highest BCUT2D eigenvalue weighted by Gasteiger charge is 2.29. The minimum Gasteiger partial charge on any atom is -0.385 e. The quantitative estimate of drug-likeness (QED) is 0.732. The lowest BCUT2D eigenvalue weighted by atomic mass is 9.84. The molecule has 78 valence electrons. The van der Waals surface area contributed by atoms with Crippen molar-refractivity contribution in [2.45, 2.75) is 53.6 Å². The number of aliphatic hydroxyl groups excluding tert-OH is 1. The summed E-state index contributed by atoms with van der Waals surface area (Å²) in [4.78, 5) is 11.5. The largest absolute Gasteiger partial charge is 0.385 e. The highest BCUT2D eigenvalue weighted by Crippen LogP contribution is 2.22. The lowest BCUT2D eigenvalue weighted by Crippen LogP contribution is -2.34. The molecule has 0 bridgehead atoms. The Morgan fingerprint density at radius 1 is 1.38 bits per heavy atom. The van der Waals surface area contributed by atoms with Gasteiger partial charge < -0.3 is 5.11 Å². The number of hydrogen-bond donors (Lipinski definition) is 1. The lowest BCUT2D eigenvalue weighted by molar-refractivity contribution is -0.133. The van der Waals surface area contributed by atoms with E-state index in [2.05, 4.69) is 6.92 Å². The van der Waals surface area contributed by atoms with E-state index in [1.807, 2.05) is 27.7 Å². The number of ketones is 1. The first-order chi connectivity index (χ1) is 5.79. The van der Waals surface area contributed by atoms with Gasteiger partial charge in [-0.2, -0.15) is 0 Å². The predicted octanol–water partition coefficient (Wildman–Crippen LogP) is 2.40. The first kappa shape index (κ1) is 12.6. The number of Topliss-reactive ketones (excluding diaryl/α,β-unsaturated/α-hetero) is 1. The molecule has 0 aliphatic rings. The van der Waals surface area contributed by atoms with Gasteiger partial charge in [-0.25, -0.2) is 0 Å². The van der Waals surface area contributed by atoms with E-state index in [9.17, 15) is 9.90 Å². The van der Waals surface area contributed by atoms with Crippen LogP contribution in [0.3, 0.4) is 0 Å². The fourth-order valence-electron chi connectivity index (χ4n) is 1.08. The molecule has 0 fully saturated rings. The van der Waals surface area contributed by atoms with Gasteiger partial charge >= 0.3 is 0 Å². The van der Waals surface area contributed by atoms with Crippen LogP contribution in [0.5, 0.6) is 0 Å². The highest BCUT2D eigenvalue weighted by molar-refractivity contribution is 5.83. The van der Waals surface area contributed by atoms with E-state index in [4.69, 9.17) is 0 Å². The molecule has 0 saturated carbocycles. The van der Waals surface area contributed by atoms with E-state index < -0.39 is 6.10 Å². The normalized spacial score (nSPS) is 16.8. The van der Waals surface area contributed by atoms with Crippen LogP contribution >= 0.6 is 0 Å². The van der Waals surface area contributed by atoms with Crippen LogP contribution in [0.1, 0.15) is 47.5 Å². The van der Waals surface area contributed by atoms with Gasteiger partial charge in [-0.3, -0.25) is 4.79 Å². The molecule has 0 rings (SSSR count). The summed E-state index contributed by atoms with van der Waals surface area (Å²) < 4.78 is 0. The van der Waals surface area contributed by atoms with Crippen LogP contribution in [-0.2, 0) is 4.79 Å². The van der Waals surface area contributed by atoms with Crippen LogP contribution in [-0.4, -0.2) is 17.0 Å². The van der Waals surface area contributed by atoms with Crippen LogP contribution in [0.15, 0.2) is 0 Å². The smallest absolute Gasteiger partial charge is 0.162 e. The Morgan fingerprint density at radius 2 is 1.85 bits per heavy atom. The van der Waals surface area contributed by atoms with Crippen LogP contribution in [0.4, 0.5) is 0 Å². The van der Waals surface area contributed by atoms with Gasteiger partial charge in [0.05, 0.1) is 0 Å². The highest BCUT2D eigenvalue weighted by atomic mass is 16.3. The van der Waals surface area contributed by atoms with E-state index >= 15 is 0 Å². The van der Waals surface area contributed by atoms with Crippen molar-refractivity contribution < 1.29 is 9.90 Å². The second kappa shape index (κ2) is 4.75. The zero-order chi connectivity index (χ0) is 10.6. The van der Waals surface area contributed by atoms with Crippen LogP contribution in [0, 0.1) is 11.3 Å². The summed E-state index contributed by atoms with van der Waals surface area (Å²) in [6.45, 7) is 9.74. The predicted molar refractivity (Wildman–Crippen MR) is 54.5 cm³/mol. The Hall–Kier alpha value is -0.370. The Bertz CT molecular complexity index is 167. The molecule has 1 N–H and O–H groups in total. The molecule has 2 unspecified atom stereocenters. The van der Waals surface area contributed by atoms with Crippen molar-refractivity contribution in [1.29, 1.82) is 0 Å². The zero-order valence-corrected chi connectivity index (χ0v) is 9.42. The monoisotopic (exact) mass is 186 g/mol. The van der Waals surface area contributed by atoms with Gasteiger partial charge in [-0.05, 0) is 11.3 Å². The van der Waals surface area contributed by atoms with Crippen molar-refractivity contribution in [2.24, 2.45) is 11.3 Å². The van der Waals surface area contributed by atoms with E-state index in [0.29, 0.717) is 12.3 Å². The molecule has 2 atom stereocenters. The van der Waals surface area contributed by atoms with E-state index in [1.165, 1.54) is 0 Å². The molecule has 0 aromatic rings. The van der Waals surface area contributed by atoms with Gasteiger partial charge in [0, 0.05) is 6.42 Å². The maximum absolute atomic E-state index is 11.5. The molecule has 0 amide bonds. The second-order valence-corrected chi connectivity index (χ2v) is 4.95. The summed E-state index contributed by atoms with van der Waals surface area (Å²) in [6, 6.07) is 0. The van der Waals surface area contributed by atoms with Crippen molar-refractivity contribution >= 4 is 5.78 Å². The third kappa shape index (κ3) is 4.41. The average molecular weight is 186 g/mol. The maximum Gasteiger partial charge on any atom is 0.162 e. The molecule has 0 heterocycles. The van der Waals surface area contributed by atoms with Crippen LogP contribution in [0.25, 0.3) is 0 Å². The molecule has 0 aliphatic carbocycles. The van der Waals surface area contributed by atoms with Gasteiger partial charge in [-0.1, -0.05) is 41.0 Å². The number of aliphatic hydroxyl groups is 1. The Morgan fingerprint density at radius 3 is 2.15 bits per heavy atom. The Labute approximate surface area is 81.3 Å². The minimum atomic E-state index is -0.818. The number of rotatable bonds is 4. The van der Waals surface area contributed by atoms with Gasteiger partial charge in [-0.15, -0.1) is 0 Å². The van der Waals surface area contributed by atoms with Gasteiger partial charge in [0.25, 0.3) is 0 Å². The van der Waals surface area contributed by atoms with Crippen molar-refractivity contribution in [1.82, 2.24) is 0 Å². The fraction of sp³-hybridized carbons (Fsp3) is 0.909. The molecule has 2 nitrogen and oxygen atoms in total. The molecule has 0 aliphatic heterocycles. The topological polar surface area (TPSA) is 37.3 Å². The van der Waals surface area contributed by atoms with E-state index in [0.717, 1.165) is 6.42 Å². The Balaban J connectivity index is 4.12. The summed E-state index contributed by atoms with van der Waals surface area (Å²) in [6.07, 6.45) is 0.666. The van der Waals surface area contributed by atoms with Gasteiger partial charge in [0.1, 0.15) is 6.10 Å². The van der Waals surface area contributed by atoms with Crippen LogP contribution in [0.2, 0.25) is 0 Å². The maximum atomic E-state index is 11.5. The minimum absolute atomic E-state index is 0.0261. The van der Waals surface area contributed by atoms with E-state index in [-0.39, 0.29) is 11.2 Å². The molecular formula is C11H22O2. The average Bonchev–Trinajstić information content (AvgIpc) is 2.01. The van der Waals surface area contributed by atoms with Gasteiger partial charge in [0.15, 0.2) is 5.78 Å². The summed E-state index contributed by atoms with van der Waals surface area (Å²) >= 11 is 0. The lowest BCUT2D eigenvalue weighted by Gasteiger charge is -2.25. The first-order valence-corrected chi connectivity index (χ1v) is 4.99. The standard InChI is InChI=1S/C11H22O2/c1-6-8(2)7-9(12)10(13)11(3,4)5/h8,10,13H,6-7H2,1-5H3. The summed E-state index contributed by atoms with van der Waals surface area (Å²) in [7, 11) is 0. The third-order valence-corrected chi connectivity index (χ3v) is 2.37. The van der Waals surface area contributed by atoms with Crippen molar-refractivity contribution in [2.75, 3.05) is 0 Å². The zero-order valence-electron chi connectivity index (χ0n) is 9.42. The summed E-state index contributed by atoms with van der Waals surface area (Å²) in [5.74, 6) is 0.353. The van der Waals surface area contributed by atoms with E-state index in [1.54, 1.807) is 0 Å². The fourth-order valence-corrected chi connectivity index (χ4v) is 1.08. The molecule has 0 radical (unpaired) electrons. The number of carbonyl (C=O) groups is 1. The Kier molecular flexibility index (Phi) is 4.62. The first-order valence-electron chi connectivity index (χ1n) is 4.99. The van der Waals surface area contributed by atoms with Crippen LogP contribution < -0.4 is 0 Å². The molecule has 0 spiro atoms. The summed E-state index contributed by atoms with van der Waals surface area (Å²) in [5, 5.41) is 9.65. The summed E-state index contributed by atoms with van der Waals surface area (Å²) in [5.41, 5.74) is -0.329. The molecule has 0 aromatic carbocycles. The van der Waals surface area contributed by atoms with Crippen molar-refractivity contribution in [3.8, 4) is 0 Å². The number of carbonyl (C=O) groups excluding carboxylic acids is 1. The molecule has 13 heavy (non-hydrogen) atoms. The SMILES string of the molecule is CCC(C)CC(=O)C(O)C(C)(C)C. The second-order valence-electron chi connectivity index (χ2n) is 4.95. The molecule has 2 heteroatoms.